The molecule has 0 aliphatic carbocycles. The first kappa shape index (κ1) is 16.3. The van der Waals surface area contributed by atoms with E-state index < -0.39 is 35.6 Å². The van der Waals surface area contributed by atoms with Crippen LogP contribution < -0.4 is 4.74 Å². The van der Waals surface area contributed by atoms with Crippen LogP contribution in [0.1, 0.15) is 28.9 Å². The van der Waals surface area contributed by atoms with E-state index in [0.717, 1.165) is 18.2 Å². The second kappa shape index (κ2) is 6.62. The minimum absolute atomic E-state index is 0.124. The number of benzene rings is 1. The van der Waals surface area contributed by atoms with Crippen molar-refractivity contribution in [3.63, 3.8) is 0 Å². The van der Waals surface area contributed by atoms with Crippen LogP contribution in [0.4, 0.5) is 8.78 Å². The highest BCUT2D eigenvalue weighted by Gasteiger charge is 2.21. The molecule has 2 atom stereocenters. The van der Waals surface area contributed by atoms with Gasteiger partial charge >= 0.3 is 12.6 Å². The minimum Gasteiger partial charge on any atom is -0.479 e. The van der Waals surface area contributed by atoms with Crippen molar-refractivity contribution in [1.29, 1.82) is 0 Å². The highest BCUT2D eigenvalue weighted by atomic mass is 35.5. The van der Waals surface area contributed by atoms with Gasteiger partial charge in [-0.1, -0.05) is 0 Å². The highest BCUT2D eigenvalue weighted by Crippen LogP contribution is 2.25. The molecule has 20 heavy (non-hydrogen) atoms. The minimum atomic E-state index is -3.15. The Bertz CT molecular complexity index is 519. The molecular weight excluding hydrogens is 298 g/mol. The number of aliphatic carboxylic acids is 1. The third-order valence-corrected chi connectivity index (χ3v) is 2.55. The van der Waals surface area contributed by atoms with E-state index in [1.165, 1.54) is 6.92 Å². The van der Waals surface area contributed by atoms with Gasteiger partial charge in [-0.3, -0.25) is 4.79 Å². The summed E-state index contributed by atoms with van der Waals surface area (Å²) < 4.78 is 28.5. The number of ketones is 1. The number of carboxylic acid groups (broad SMARTS) is 1. The van der Waals surface area contributed by atoms with E-state index >= 15 is 0 Å². The Morgan fingerprint density at radius 2 is 1.90 bits per heavy atom. The van der Waals surface area contributed by atoms with Gasteiger partial charge in [0.05, 0.1) is 5.38 Å². The van der Waals surface area contributed by atoms with Crippen LogP contribution in [0.2, 0.25) is 0 Å². The molecule has 0 bridgehead atoms. The summed E-state index contributed by atoms with van der Waals surface area (Å²) in [5.74, 6) is -2.62. The first-order valence-corrected chi connectivity index (χ1v) is 5.85. The highest BCUT2D eigenvalue weighted by molar-refractivity contribution is 6.33. The lowest BCUT2D eigenvalue weighted by Gasteiger charge is -2.12. The summed E-state index contributed by atoms with van der Waals surface area (Å²) in [5.41, 5.74) is -0.378. The summed E-state index contributed by atoms with van der Waals surface area (Å²) in [6, 6.07) is 2.99. The Labute approximate surface area is 117 Å². The second-order valence-electron chi connectivity index (χ2n) is 3.89. The number of carboxylic acids is 1. The molecule has 0 heterocycles. The van der Waals surface area contributed by atoms with Crippen LogP contribution in [0.15, 0.2) is 18.2 Å². The zero-order valence-electron chi connectivity index (χ0n) is 10.2. The van der Waals surface area contributed by atoms with Crippen molar-refractivity contribution in [3.8, 4) is 5.75 Å². The molecule has 0 spiro atoms. The maximum absolute atomic E-state index is 12.2. The lowest BCUT2D eigenvalue weighted by atomic mass is 10.0. The maximum Gasteiger partial charge on any atom is 0.387 e. The molecular formula is C12H11ClF2O5. The number of carbonyl (C=O) groups excluding carboxylic acids is 1. The predicted octanol–water partition coefficient (Wildman–Crippen LogP) is 2.22. The summed E-state index contributed by atoms with van der Waals surface area (Å²) >= 11 is 5.60. The Morgan fingerprint density at radius 1 is 1.30 bits per heavy atom. The lowest BCUT2D eigenvalue weighted by molar-refractivity contribution is -0.146. The molecule has 1 aromatic rings. The van der Waals surface area contributed by atoms with Crippen LogP contribution in [-0.2, 0) is 4.79 Å². The standard InChI is InChI=1S/C12H11ClF2O5/c1-5(13)9(16)6-2-7(10(17)11(18)19)4-8(3-6)20-12(14)15/h2-5,10,12,17H,1H3,(H,18,19). The second-order valence-corrected chi connectivity index (χ2v) is 4.54. The smallest absolute Gasteiger partial charge is 0.387 e. The number of aliphatic hydroxyl groups excluding tert-OH is 1. The third-order valence-electron chi connectivity index (χ3n) is 2.35. The Hall–Kier alpha value is -1.73. The van der Waals surface area contributed by atoms with Crippen molar-refractivity contribution in [2.75, 3.05) is 0 Å². The van der Waals surface area contributed by atoms with E-state index in [9.17, 15) is 23.5 Å². The summed E-state index contributed by atoms with van der Waals surface area (Å²) in [6.07, 6.45) is -1.96. The van der Waals surface area contributed by atoms with Crippen LogP contribution in [0.25, 0.3) is 0 Å². The molecule has 8 heteroatoms. The summed E-state index contributed by atoms with van der Waals surface area (Å²) in [4.78, 5) is 22.4. The third kappa shape index (κ3) is 4.14. The van der Waals surface area contributed by atoms with Crippen molar-refractivity contribution in [2.24, 2.45) is 0 Å². The van der Waals surface area contributed by atoms with E-state index in [1.807, 2.05) is 0 Å². The van der Waals surface area contributed by atoms with E-state index in [-0.39, 0.29) is 11.1 Å². The molecule has 110 valence electrons. The van der Waals surface area contributed by atoms with Gasteiger partial charge in [0.1, 0.15) is 5.75 Å². The molecule has 2 unspecified atom stereocenters. The monoisotopic (exact) mass is 308 g/mol. The van der Waals surface area contributed by atoms with Crippen LogP contribution in [0, 0.1) is 0 Å². The first-order chi connectivity index (χ1) is 9.22. The number of hydrogen-bond donors (Lipinski definition) is 2. The van der Waals surface area contributed by atoms with Crippen molar-refractivity contribution in [3.05, 3.63) is 29.3 Å². The van der Waals surface area contributed by atoms with Crippen molar-refractivity contribution in [1.82, 2.24) is 0 Å². The number of aliphatic hydroxyl groups is 1. The van der Waals surface area contributed by atoms with E-state index in [1.54, 1.807) is 0 Å². The van der Waals surface area contributed by atoms with Gasteiger partial charge in [0.2, 0.25) is 0 Å². The van der Waals surface area contributed by atoms with Gasteiger partial charge in [-0.05, 0) is 30.7 Å². The molecule has 0 radical (unpaired) electrons. The van der Waals surface area contributed by atoms with Crippen molar-refractivity contribution in [2.45, 2.75) is 25.0 Å². The van der Waals surface area contributed by atoms with Gasteiger partial charge < -0.3 is 14.9 Å². The molecule has 0 saturated carbocycles. The van der Waals surface area contributed by atoms with Crippen molar-refractivity contribution < 1.29 is 33.3 Å². The molecule has 2 N–H and O–H groups in total. The predicted molar refractivity (Wildman–Crippen MR) is 65.3 cm³/mol. The largest absolute Gasteiger partial charge is 0.479 e. The fraction of sp³-hybridized carbons (Fsp3) is 0.333. The van der Waals surface area contributed by atoms with Gasteiger partial charge in [-0.2, -0.15) is 8.78 Å². The number of ether oxygens (including phenoxy) is 1. The zero-order chi connectivity index (χ0) is 15.4. The van der Waals surface area contributed by atoms with E-state index in [4.69, 9.17) is 16.7 Å². The molecule has 1 aromatic carbocycles. The van der Waals surface area contributed by atoms with Gasteiger partial charge in [-0.15, -0.1) is 11.6 Å². The van der Waals surface area contributed by atoms with Crippen molar-refractivity contribution >= 4 is 23.4 Å². The fourth-order valence-electron chi connectivity index (χ4n) is 1.47. The fourth-order valence-corrected chi connectivity index (χ4v) is 1.59. The topological polar surface area (TPSA) is 83.8 Å². The number of halogens is 3. The maximum atomic E-state index is 12.2. The molecule has 0 aromatic heterocycles. The van der Waals surface area contributed by atoms with Gasteiger partial charge in [0.25, 0.3) is 0 Å². The molecule has 1 rings (SSSR count). The first-order valence-electron chi connectivity index (χ1n) is 5.41. The molecule has 0 fully saturated rings. The molecule has 0 saturated heterocycles. The average molecular weight is 309 g/mol. The normalized spacial score (nSPS) is 13.9. The number of carbonyl (C=O) groups is 2. The summed E-state index contributed by atoms with van der Waals surface area (Å²) in [7, 11) is 0. The van der Waals surface area contributed by atoms with Crippen LogP contribution in [0.3, 0.4) is 0 Å². The van der Waals surface area contributed by atoms with Crippen LogP contribution in [0.5, 0.6) is 5.75 Å². The van der Waals surface area contributed by atoms with Crippen LogP contribution >= 0.6 is 11.6 Å². The average Bonchev–Trinajstić information content (AvgIpc) is 2.35. The Balaban J connectivity index is 3.27. The molecule has 0 aliphatic heterocycles. The number of hydrogen-bond acceptors (Lipinski definition) is 4. The SMILES string of the molecule is CC(Cl)C(=O)c1cc(OC(F)F)cc(C(O)C(=O)O)c1. The van der Waals surface area contributed by atoms with E-state index in [2.05, 4.69) is 4.74 Å². The molecule has 0 aliphatic rings. The number of rotatable bonds is 6. The Morgan fingerprint density at radius 3 is 2.35 bits per heavy atom. The van der Waals surface area contributed by atoms with Gasteiger partial charge in [0, 0.05) is 5.56 Å². The summed E-state index contributed by atoms with van der Waals surface area (Å²) in [5, 5.41) is 17.2. The summed E-state index contributed by atoms with van der Waals surface area (Å²) in [6.45, 7) is -1.78. The zero-order valence-corrected chi connectivity index (χ0v) is 11.0. The van der Waals surface area contributed by atoms with Gasteiger partial charge in [0.15, 0.2) is 11.9 Å². The molecule has 5 nitrogen and oxygen atoms in total. The van der Waals surface area contributed by atoms with E-state index in [0.29, 0.717) is 0 Å². The quantitative estimate of drug-likeness (QED) is 0.622. The van der Waals surface area contributed by atoms with Crippen LogP contribution in [-0.4, -0.2) is 34.0 Å². The van der Waals surface area contributed by atoms with Gasteiger partial charge in [-0.25, -0.2) is 4.79 Å². The molecule has 0 amide bonds. The lowest BCUT2D eigenvalue weighted by Crippen LogP contribution is -2.15. The number of Topliss-reactive ketones (excluding diaryl/α,β-unsaturated/α-hetero) is 1. The number of alkyl halides is 3. The Kier molecular flexibility index (Phi) is 5.41.